The summed E-state index contributed by atoms with van der Waals surface area (Å²) in [4.78, 5) is 0.380. The van der Waals surface area contributed by atoms with Crippen LogP contribution in [0.15, 0.2) is 58.3 Å². The van der Waals surface area contributed by atoms with E-state index in [-0.39, 0.29) is 9.79 Å². The number of aryl methyl sites for hydroxylation is 2. The molecule has 0 unspecified atom stereocenters. The molecular weight excluding hydrogens is 320 g/mol. The smallest absolute Gasteiger partial charge is 0.179 e. The van der Waals surface area contributed by atoms with Gasteiger partial charge >= 0.3 is 0 Å². The summed E-state index contributed by atoms with van der Waals surface area (Å²) in [5, 5.41) is 0. The van der Waals surface area contributed by atoms with Gasteiger partial charge in [0, 0.05) is 0 Å². The average Bonchev–Trinajstić information content (AvgIpc) is 2.46. The van der Waals surface area contributed by atoms with E-state index in [1.165, 1.54) is 12.1 Å². The van der Waals surface area contributed by atoms with Crippen LogP contribution in [0.2, 0.25) is 0 Å². The molecule has 0 aliphatic heterocycles. The summed E-state index contributed by atoms with van der Waals surface area (Å²) in [7, 11) is -7.25. The molecule has 118 valence electrons. The summed E-state index contributed by atoms with van der Waals surface area (Å²) in [5.41, 5.74) is 1.24. The fraction of sp³-hybridized carbons (Fsp3) is 0.250. The van der Waals surface area contributed by atoms with Crippen LogP contribution in [0.3, 0.4) is 0 Å². The van der Waals surface area contributed by atoms with E-state index >= 15 is 0 Å². The summed E-state index contributed by atoms with van der Waals surface area (Å²) >= 11 is 0. The van der Waals surface area contributed by atoms with Crippen LogP contribution in [0.5, 0.6) is 0 Å². The molecule has 22 heavy (non-hydrogen) atoms. The van der Waals surface area contributed by atoms with Gasteiger partial charge < -0.3 is 0 Å². The molecule has 0 amide bonds. The number of hydrogen-bond acceptors (Lipinski definition) is 4. The molecule has 0 saturated heterocycles. The highest BCUT2D eigenvalue weighted by Gasteiger charge is 2.23. The molecular formula is C16H18O4S2. The highest BCUT2D eigenvalue weighted by Crippen LogP contribution is 2.19. The molecule has 0 spiro atoms. The Morgan fingerprint density at radius 2 is 0.955 bits per heavy atom. The first-order valence-electron chi connectivity index (χ1n) is 6.81. The van der Waals surface area contributed by atoms with Crippen molar-refractivity contribution in [3.63, 3.8) is 0 Å². The Labute approximate surface area is 131 Å². The summed E-state index contributed by atoms with van der Waals surface area (Å²) in [6, 6.07) is 13.2. The van der Waals surface area contributed by atoms with Crippen molar-refractivity contribution in [3.8, 4) is 0 Å². The molecule has 0 aliphatic rings. The van der Waals surface area contributed by atoms with E-state index in [1.807, 2.05) is 0 Å². The van der Waals surface area contributed by atoms with Crippen LogP contribution in [0.1, 0.15) is 11.1 Å². The van der Waals surface area contributed by atoms with Gasteiger partial charge in [0.25, 0.3) is 0 Å². The molecule has 0 saturated carbocycles. The van der Waals surface area contributed by atoms with Crippen LogP contribution in [-0.4, -0.2) is 28.3 Å². The zero-order valence-electron chi connectivity index (χ0n) is 12.5. The molecule has 2 rings (SSSR count). The van der Waals surface area contributed by atoms with Gasteiger partial charge in [0.1, 0.15) is 0 Å². The highest BCUT2D eigenvalue weighted by atomic mass is 32.2. The van der Waals surface area contributed by atoms with Gasteiger partial charge in [-0.2, -0.15) is 0 Å². The Kier molecular flexibility index (Phi) is 4.72. The lowest BCUT2D eigenvalue weighted by atomic mass is 10.2. The minimum atomic E-state index is -3.62. The van der Waals surface area contributed by atoms with Crippen molar-refractivity contribution in [1.29, 1.82) is 0 Å². The van der Waals surface area contributed by atoms with Gasteiger partial charge in [-0.3, -0.25) is 0 Å². The fourth-order valence-corrected chi connectivity index (χ4v) is 6.13. The van der Waals surface area contributed by atoms with E-state index < -0.39 is 31.2 Å². The van der Waals surface area contributed by atoms with Crippen molar-refractivity contribution in [1.82, 2.24) is 0 Å². The molecule has 0 heterocycles. The third-order valence-electron chi connectivity index (χ3n) is 3.48. The first-order valence-corrected chi connectivity index (χ1v) is 10.1. The average molecular weight is 338 g/mol. The maximum atomic E-state index is 12.4. The first kappa shape index (κ1) is 16.7. The van der Waals surface area contributed by atoms with Gasteiger partial charge in [-0.1, -0.05) is 36.4 Å². The Bertz CT molecular complexity index is 806. The predicted octanol–water partition coefficient (Wildman–Crippen LogP) is 2.55. The standard InChI is InChI=1S/C16H18O4S2/c1-13-7-3-5-9-15(13)21(17,18)11-12-22(19,20)16-10-6-4-8-14(16)2/h3-10H,11-12H2,1-2H3. The maximum Gasteiger partial charge on any atom is 0.179 e. The van der Waals surface area contributed by atoms with E-state index in [2.05, 4.69) is 0 Å². The molecule has 2 aromatic carbocycles. The van der Waals surface area contributed by atoms with E-state index in [1.54, 1.807) is 50.2 Å². The van der Waals surface area contributed by atoms with Crippen LogP contribution in [-0.2, 0) is 19.7 Å². The van der Waals surface area contributed by atoms with Crippen molar-refractivity contribution in [2.45, 2.75) is 23.6 Å². The molecule has 0 radical (unpaired) electrons. The molecule has 0 aromatic heterocycles. The third kappa shape index (κ3) is 3.56. The van der Waals surface area contributed by atoms with Crippen LogP contribution in [0.25, 0.3) is 0 Å². The predicted molar refractivity (Wildman–Crippen MR) is 86.5 cm³/mol. The SMILES string of the molecule is Cc1ccccc1S(=O)(=O)CCS(=O)(=O)c1ccccc1C. The van der Waals surface area contributed by atoms with Gasteiger partial charge in [-0.15, -0.1) is 0 Å². The quantitative estimate of drug-likeness (QED) is 0.840. The van der Waals surface area contributed by atoms with Gasteiger partial charge in [0.15, 0.2) is 19.7 Å². The topological polar surface area (TPSA) is 68.3 Å². The number of hydrogen-bond donors (Lipinski definition) is 0. The van der Waals surface area contributed by atoms with Crippen LogP contribution in [0.4, 0.5) is 0 Å². The molecule has 4 nitrogen and oxygen atoms in total. The first-order chi connectivity index (χ1) is 10.2. The van der Waals surface area contributed by atoms with Gasteiger partial charge in [-0.05, 0) is 37.1 Å². The minimum absolute atomic E-state index is 0.190. The maximum absolute atomic E-state index is 12.4. The largest absolute Gasteiger partial charge is 0.224 e. The molecule has 0 bridgehead atoms. The summed E-state index contributed by atoms with van der Waals surface area (Å²) in [6.07, 6.45) is 0. The third-order valence-corrected chi connectivity index (χ3v) is 7.48. The highest BCUT2D eigenvalue weighted by molar-refractivity contribution is 7.95. The van der Waals surface area contributed by atoms with Gasteiger partial charge in [0.2, 0.25) is 0 Å². The second-order valence-corrected chi connectivity index (χ2v) is 9.32. The van der Waals surface area contributed by atoms with Crippen molar-refractivity contribution >= 4 is 19.7 Å². The van der Waals surface area contributed by atoms with E-state index in [0.717, 1.165) is 0 Å². The molecule has 0 fully saturated rings. The van der Waals surface area contributed by atoms with Crippen LogP contribution in [0, 0.1) is 13.8 Å². The number of benzene rings is 2. The van der Waals surface area contributed by atoms with Crippen molar-refractivity contribution < 1.29 is 16.8 Å². The summed E-state index contributed by atoms with van der Waals surface area (Å²) in [6.45, 7) is 3.39. The van der Waals surface area contributed by atoms with Crippen LogP contribution < -0.4 is 0 Å². The van der Waals surface area contributed by atoms with Crippen LogP contribution >= 0.6 is 0 Å². The van der Waals surface area contributed by atoms with E-state index in [4.69, 9.17) is 0 Å². The summed E-state index contributed by atoms with van der Waals surface area (Å²) < 4.78 is 49.4. The normalized spacial score (nSPS) is 12.3. The second-order valence-electron chi connectivity index (χ2n) is 5.17. The number of rotatable bonds is 5. The Balaban J connectivity index is 2.26. The van der Waals surface area contributed by atoms with E-state index in [0.29, 0.717) is 11.1 Å². The zero-order chi connectivity index (χ0) is 16.4. The zero-order valence-corrected chi connectivity index (χ0v) is 14.1. The lowest BCUT2D eigenvalue weighted by Crippen LogP contribution is -2.19. The lowest BCUT2D eigenvalue weighted by molar-refractivity contribution is 0.587. The van der Waals surface area contributed by atoms with E-state index in [9.17, 15) is 16.8 Å². The molecule has 0 atom stereocenters. The van der Waals surface area contributed by atoms with Crippen molar-refractivity contribution in [2.24, 2.45) is 0 Å². The van der Waals surface area contributed by atoms with Gasteiger partial charge in [0.05, 0.1) is 21.3 Å². The van der Waals surface area contributed by atoms with Crippen molar-refractivity contribution in [3.05, 3.63) is 59.7 Å². The second kappa shape index (κ2) is 6.22. The lowest BCUT2D eigenvalue weighted by Gasteiger charge is -2.09. The monoisotopic (exact) mass is 338 g/mol. The van der Waals surface area contributed by atoms with Gasteiger partial charge in [-0.25, -0.2) is 16.8 Å². The molecule has 6 heteroatoms. The fourth-order valence-electron chi connectivity index (χ4n) is 2.25. The Morgan fingerprint density at radius 3 is 1.27 bits per heavy atom. The number of sulfone groups is 2. The Hall–Kier alpha value is -1.66. The molecule has 0 aliphatic carbocycles. The minimum Gasteiger partial charge on any atom is -0.224 e. The summed E-state index contributed by atoms with van der Waals surface area (Å²) in [5.74, 6) is -0.844. The molecule has 0 N–H and O–H groups in total. The van der Waals surface area contributed by atoms with Crippen molar-refractivity contribution in [2.75, 3.05) is 11.5 Å². The Morgan fingerprint density at radius 1 is 0.636 bits per heavy atom. The molecule has 2 aromatic rings.